The minimum absolute atomic E-state index is 0.0827. The molecule has 0 aliphatic rings. The van der Waals surface area contributed by atoms with E-state index in [9.17, 15) is 15.0 Å². The molecule has 4 heteroatoms. The van der Waals surface area contributed by atoms with Crippen LogP contribution in [0.1, 0.15) is 83.1 Å². The smallest absolute Gasteiger partial charge is 0.220 e. The van der Waals surface area contributed by atoms with E-state index in [1.807, 2.05) is 30.3 Å². The van der Waals surface area contributed by atoms with Gasteiger partial charge in [0.05, 0.1) is 18.8 Å². The summed E-state index contributed by atoms with van der Waals surface area (Å²) in [4.78, 5) is 12.1. The van der Waals surface area contributed by atoms with Crippen LogP contribution in [-0.2, 0) is 11.2 Å². The normalized spacial score (nSPS) is 13.3. The number of hydrogen-bond acceptors (Lipinski definition) is 3. The summed E-state index contributed by atoms with van der Waals surface area (Å²) in [6.07, 6.45) is 12.5. The molecule has 0 saturated heterocycles. The second kappa shape index (κ2) is 15.6. The van der Waals surface area contributed by atoms with E-state index in [0.29, 0.717) is 12.8 Å². The first-order valence-electron chi connectivity index (χ1n) is 10.8. The number of carbonyl (C=O) groups is 1. The van der Waals surface area contributed by atoms with Crippen LogP contribution in [0.3, 0.4) is 0 Å². The molecule has 1 amide bonds. The lowest BCUT2D eigenvalue weighted by Gasteiger charge is -2.22. The monoisotopic (exact) mass is 377 g/mol. The van der Waals surface area contributed by atoms with Crippen molar-refractivity contribution in [3.63, 3.8) is 0 Å². The summed E-state index contributed by atoms with van der Waals surface area (Å²) in [7, 11) is 0. The standard InChI is InChI=1S/C23H39NO3/c1-2-3-4-5-6-7-8-9-10-14-17-23(27)24-21(19-25)22(26)18-20-15-12-11-13-16-20/h11-13,15-16,21-22,25-26H,2-10,14,17-19H2,1H3,(H,24,27)/t21-,22+/m0/s1. The van der Waals surface area contributed by atoms with Crippen molar-refractivity contribution in [2.75, 3.05) is 6.61 Å². The molecule has 0 aliphatic carbocycles. The van der Waals surface area contributed by atoms with E-state index in [-0.39, 0.29) is 12.5 Å². The SMILES string of the molecule is CCCCCCCCCCCCC(=O)N[C@@H](CO)[C@H](O)Cc1ccccc1. The lowest BCUT2D eigenvalue weighted by atomic mass is 10.0. The van der Waals surface area contributed by atoms with Crippen molar-refractivity contribution in [3.8, 4) is 0 Å². The molecule has 27 heavy (non-hydrogen) atoms. The van der Waals surface area contributed by atoms with E-state index in [0.717, 1.165) is 18.4 Å². The molecule has 0 fully saturated rings. The minimum atomic E-state index is -0.783. The van der Waals surface area contributed by atoms with Gasteiger partial charge in [0, 0.05) is 12.8 Å². The van der Waals surface area contributed by atoms with E-state index in [1.54, 1.807) is 0 Å². The molecule has 0 saturated carbocycles. The zero-order valence-corrected chi connectivity index (χ0v) is 17.0. The van der Waals surface area contributed by atoms with Gasteiger partial charge >= 0.3 is 0 Å². The van der Waals surface area contributed by atoms with Crippen LogP contribution in [0.5, 0.6) is 0 Å². The molecule has 4 nitrogen and oxygen atoms in total. The summed E-state index contributed by atoms with van der Waals surface area (Å²) in [5.74, 6) is -0.0827. The Morgan fingerprint density at radius 1 is 0.926 bits per heavy atom. The summed E-state index contributed by atoms with van der Waals surface area (Å²) in [6, 6.07) is 9.01. The molecule has 0 heterocycles. The van der Waals surface area contributed by atoms with Gasteiger partial charge in [-0.15, -0.1) is 0 Å². The van der Waals surface area contributed by atoms with Crippen molar-refractivity contribution < 1.29 is 15.0 Å². The number of benzene rings is 1. The Hall–Kier alpha value is -1.39. The molecule has 0 aliphatic heterocycles. The van der Waals surface area contributed by atoms with Crippen molar-refractivity contribution >= 4 is 5.91 Å². The zero-order valence-electron chi connectivity index (χ0n) is 17.0. The Bertz CT molecular complexity index is 478. The molecule has 154 valence electrons. The van der Waals surface area contributed by atoms with Gasteiger partial charge in [0.2, 0.25) is 5.91 Å². The number of rotatable bonds is 16. The van der Waals surface area contributed by atoms with Gasteiger partial charge in [-0.25, -0.2) is 0 Å². The third-order valence-electron chi connectivity index (χ3n) is 5.05. The Labute approximate surface area is 165 Å². The van der Waals surface area contributed by atoms with Crippen molar-refractivity contribution in [1.29, 1.82) is 0 Å². The summed E-state index contributed by atoms with van der Waals surface area (Å²) in [6.45, 7) is 1.99. The van der Waals surface area contributed by atoms with Gasteiger partial charge in [-0.1, -0.05) is 95.0 Å². The number of amides is 1. The van der Waals surface area contributed by atoms with Crippen LogP contribution in [0.25, 0.3) is 0 Å². The van der Waals surface area contributed by atoms with Crippen molar-refractivity contribution in [2.24, 2.45) is 0 Å². The average Bonchev–Trinajstić information content (AvgIpc) is 2.68. The molecule has 3 N–H and O–H groups in total. The number of hydrogen-bond donors (Lipinski definition) is 3. The molecule has 0 spiro atoms. The number of nitrogens with one attached hydrogen (secondary N) is 1. The molecule has 0 bridgehead atoms. The summed E-state index contributed by atoms with van der Waals surface area (Å²) in [5, 5.41) is 22.6. The molecule has 0 unspecified atom stereocenters. The lowest BCUT2D eigenvalue weighted by molar-refractivity contribution is -0.123. The first kappa shape index (κ1) is 23.6. The summed E-state index contributed by atoms with van der Waals surface area (Å²) >= 11 is 0. The first-order valence-corrected chi connectivity index (χ1v) is 10.8. The fourth-order valence-corrected chi connectivity index (χ4v) is 3.31. The predicted molar refractivity (Wildman–Crippen MR) is 112 cm³/mol. The second-order valence-corrected chi connectivity index (χ2v) is 7.55. The van der Waals surface area contributed by atoms with Gasteiger partial charge in [-0.2, -0.15) is 0 Å². The molecule has 0 aromatic heterocycles. The van der Waals surface area contributed by atoms with Gasteiger partial charge in [0.15, 0.2) is 0 Å². The Morgan fingerprint density at radius 2 is 1.48 bits per heavy atom. The second-order valence-electron chi connectivity index (χ2n) is 7.55. The topological polar surface area (TPSA) is 69.6 Å². The summed E-state index contributed by atoms with van der Waals surface area (Å²) < 4.78 is 0. The number of carbonyl (C=O) groups excluding carboxylic acids is 1. The van der Waals surface area contributed by atoms with Gasteiger partial charge in [0.1, 0.15) is 0 Å². The molecule has 1 aromatic carbocycles. The van der Waals surface area contributed by atoms with Crippen molar-refractivity contribution in [3.05, 3.63) is 35.9 Å². The molecule has 0 radical (unpaired) electrons. The maximum Gasteiger partial charge on any atom is 0.220 e. The van der Waals surface area contributed by atoms with E-state index < -0.39 is 12.1 Å². The lowest BCUT2D eigenvalue weighted by Crippen LogP contribution is -2.46. The van der Waals surface area contributed by atoms with E-state index in [2.05, 4.69) is 12.2 Å². The van der Waals surface area contributed by atoms with E-state index >= 15 is 0 Å². The maximum atomic E-state index is 12.1. The van der Waals surface area contributed by atoms with Crippen LogP contribution in [0.2, 0.25) is 0 Å². The quantitative estimate of drug-likeness (QED) is 0.375. The zero-order chi connectivity index (χ0) is 19.7. The molecule has 1 rings (SSSR count). The molecule has 1 aromatic rings. The Kier molecular flexibility index (Phi) is 13.7. The van der Waals surface area contributed by atoms with Crippen molar-refractivity contribution in [1.82, 2.24) is 5.32 Å². The molecular weight excluding hydrogens is 338 g/mol. The van der Waals surface area contributed by atoms with Crippen molar-refractivity contribution in [2.45, 2.75) is 96.1 Å². The maximum absolute atomic E-state index is 12.1. The van der Waals surface area contributed by atoms with Crippen LogP contribution in [0, 0.1) is 0 Å². The third kappa shape index (κ3) is 11.8. The largest absolute Gasteiger partial charge is 0.394 e. The summed E-state index contributed by atoms with van der Waals surface area (Å²) in [5.41, 5.74) is 0.993. The first-order chi connectivity index (χ1) is 13.2. The fourth-order valence-electron chi connectivity index (χ4n) is 3.31. The van der Waals surface area contributed by atoms with Gasteiger partial charge < -0.3 is 15.5 Å². The highest BCUT2D eigenvalue weighted by molar-refractivity contribution is 5.76. The van der Waals surface area contributed by atoms with Crippen LogP contribution < -0.4 is 5.32 Å². The highest BCUT2D eigenvalue weighted by Gasteiger charge is 2.20. The number of aliphatic hydroxyl groups excluding tert-OH is 2. The highest BCUT2D eigenvalue weighted by Crippen LogP contribution is 2.11. The number of unbranched alkanes of at least 4 members (excludes halogenated alkanes) is 9. The van der Waals surface area contributed by atoms with Crippen LogP contribution >= 0.6 is 0 Å². The van der Waals surface area contributed by atoms with Crippen LogP contribution in [0.4, 0.5) is 0 Å². The predicted octanol–water partition coefficient (Wildman–Crippen LogP) is 4.38. The highest BCUT2D eigenvalue weighted by atomic mass is 16.3. The molecular formula is C23H39NO3. The van der Waals surface area contributed by atoms with Crippen LogP contribution in [-0.4, -0.2) is 34.9 Å². The Balaban J connectivity index is 2.10. The average molecular weight is 378 g/mol. The van der Waals surface area contributed by atoms with Gasteiger partial charge in [0.25, 0.3) is 0 Å². The molecule has 2 atom stereocenters. The third-order valence-corrected chi connectivity index (χ3v) is 5.05. The van der Waals surface area contributed by atoms with Gasteiger partial charge in [-0.3, -0.25) is 4.79 Å². The van der Waals surface area contributed by atoms with E-state index in [4.69, 9.17) is 0 Å². The fraction of sp³-hybridized carbons (Fsp3) is 0.696. The Morgan fingerprint density at radius 3 is 2.04 bits per heavy atom. The minimum Gasteiger partial charge on any atom is -0.394 e. The van der Waals surface area contributed by atoms with E-state index in [1.165, 1.54) is 51.4 Å². The van der Waals surface area contributed by atoms with Crippen LogP contribution in [0.15, 0.2) is 30.3 Å². The number of aliphatic hydroxyl groups is 2. The van der Waals surface area contributed by atoms with Gasteiger partial charge in [-0.05, 0) is 12.0 Å².